The summed E-state index contributed by atoms with van der Waals surface area (Å²) in [5, 5.41) is 0. The van der Waals surface area contributed by atoms with E-state index in [9.17, 15) is 9.59 Å². The van der Waals surface area contributed by atoms with Gasteiger partial charge in [0.1, 0.15) is 0 Å². The fourth-order valence-electron chi connectivity index (χ4n) is 1.76. The molecule has 0 spiro atoms. The molecule has 0 aliphatic heterocycles. The van der Waals surface area contributed by atoms with Crippen molar-refractivity contribution in [3.63, 3.8) is 0 Å². The first-order valence-electron chi connectivity index (χ1n) is 6.50. The number of nitrogen functional groups attached to an aromatic ring is 1. The quantitative estimate of drug-likeness (QED) is 0.443. The number of nitrogens with zero attached hydrogens (tertiary/aromatic N) is 2. The first kappa shape index (κ1) is 16.1. The smallest absolute Gasteiger partial charge is 0.265 e. The molecule has 0 fully saturated rings. The summed E-state index contributed by atoms with van der Waals surface area (Å²) in [4.78, 5) is 26.8. The molecule has 3 N–H and O–H groups in total. The van der Waals surface area contributed by atoms with Crippen LogP contribution in [0.4, 0.5) is 0 Å². The highest BCUT2D eigenvalue weighted by molar-refractivity contribution is 5.93. The number of hydrogen-bond donors (Lipinski definition) is 2. The molecule has 0 bridgehead atoms. The molecule has 1 rings (SSSR count). The average molecular weight is 278 g/mol. The van der Waals surface area contributed by atoms with E-state index in [0.29, 0.717) is 18.7 Å². The molecule has 0 aliphatic rings. The third-order valence-electron chi connectivity index (χ3n) is 3.03. The van der Waals surface area contributed by atoms with Gasteiger partial charge in [-0.15, -0.1) is 0 Å². The fraction of sp³-hybridized carbons (Fsp3) is 0.429. The Labute approximate surface area is 119 Å². The molecule has 0 heterocycles. The molecule has 0 saturated carbocycles. The molecule has 1 aromatic carbocycles. The molecular weight excluding hydrogens is 256 g/mol. The van der Waals surface area contributed by atoms with Crippen LogP contribution in [0.15, 0.2) is 24.3 Å². The van der Waals surface area contributed by atoms with Crippen molar-refractivity contribution in [3.05, 3.63) is 35.4 Å². The number of hydrazine groups is 1. The zero-order valence-corrected chi connectivity index (χ0v) is 12.2. The van der Waals surface area contributed by atoms with Crippen molar-refractivity contribution < 1.29 is 9.59 Å². The number of carbonyl (C=O) groups is 2. The van der Waals surface area contributed by atoms with Gasteiger partial charge >= 0.3 is 0 Å². The van der Waals surface area contributed by atoms with Gasteiger partial charge in [-0.05, 0) is 24.2 Å². The lowest BCUT2D eigenvalue weighted by Gasteiger charge is -2.22. The minimum atomic E-state index is -0.320. The molecule has 0 saturated heterocycles. The number of rotatable bonds is 6. The number of hydrogen-bond acceptors (Lipinski definition) is 4. The Bertz CT molecular complexity index is 474. The number of amides is 2. The number of carbonyl (C=O) groups excluding carboxylic acids is 2. The summed E-state index contributed by atoms with van der Waals surface area (Å²) in [5.74, 6) is 4.86. The van der Waals surface area contributed by atoms with Crippen LogP contribution in [0.25, 0.3) is 0 Å². The first-order valence-corrected chi connectivity index (χ1v) is 6.50. The molecule has 0 aliphatic carbocycles. The van der Waals surface area contributed by atoms with Gasteiger partial charge in [-0.2, -0.15) is 0 Å². The average Bonchev–Trinajstić information content (AvgIpc) is 2.45. The maximum atomic E-state index is 11.7. The van der Waals surface area contributed by atoms with Crippen molar-refractivity contribution in [2.24, 2.45) is 5.84 Å². The van der Waals surface area contributed by atoms with Gasteiger partial charge in [0.15, 0.2) is 0 Å². The lowest BCUT2D eigenvalue weighted by Crippen LogP contribution is -2.36. The van der Waals surface area contributed by atoms with Crippen LogP contribution >= 0.6 is 0 Å². The highest BCUT2D eigenvalue weighted by atomic mass is 16.2. The third-order valence-corrected chi connectivity index (χ3v) is 3.03. The number of nitrogens with one attached hydrogen (secondary N) is 1. The zero-order chi connectivity index (χ0) is 15.1. The second-order valence-electron chi connectivity index (χ2n) is 4.77. The van der Waals surface area contributed by atoms with E-state index in [1.54, 1.807) is 31.1 Å². The Balaban J connectivity index is 2.75. The molecule has 0 radical (unpaired) electrons. The van der Waals surface area contributed by atoms with Crippen molar-refractivity contribution >= 4 is 11.8 Å². The van der Waals surface area contributed by atoms with E-state index in [2.05, 4.69) is 5.43 Å². The van der Waals surface area contributed by atoms with Crippen LogP contribution in [0.2, 0.25) is 0 Å². The predicted octanol–water partition coefficient (Wildman–Crippen LogP) is 0.200. The summed E-state index contributed by atoms with van der Waals surface area (Å²) < 4.78 is 0. The summed E-state index contributed by atoms with van der Waals surface area (Å²) in [7, 11) is 3.48. The minimum absolute atomic E-state index is 0.0581. The molecule has 110 valence electrons. The Morgan fingerprint density at radius 1 is 1.30 bits per heavy atom. The second kappa shape index (κ2) is 7.62. The van der Waals surface area contributed by atoms with Crippen molar-refractivity contribution in [3.8, 4) is 0 Å². The fourth-order valence-corrected chi connectivity index (χ4v) is 1.76. The first-order chi connectivity index (χ1) is 9.47. The third kappa shape index (κ3) is 4.64. The largest absolute Gasteiger partial charge is 0.348 e. The Kier molecular flexibility index (Phi) is 6.14. The lowest BCUT2D eigenvalue weighted by molar-refractivity contribution is -0.130. The van der Waals surface area contributed by atoms with E-state index in [4.69, 9.17) is 5.84 Å². The van der Waals surface area contributed by atoms with Gasteiger partial charge < -0.3 is 4.90 Å². The number of nitrogens with two attached hydrogens (primary N) is 1. The van der Waals surface area contributed by atoms with Gasteiger partial charge in [-0.25, -0.2) is 5.84 Å². The van der Waals surface area contributed by atoms with Gasteiger partial charge in [0, 0.05) is 26.2 Å². The molecule has 0 atom stereocenters. The van der Waals surface area contributed by atoms with Gasteiger partial charge in [-0.1, -0.05) is 19.1 Å². The molecule has 0 unspecified atom stereocenters. The molecule has 1 aromatic rings. The van der Waals surface area contributed by atoms with Crippen LogP contribution in [-0.2, 0) is 11.3 Å². The van der Waals surface area contributed by atoms with Crippen LogP contribution in [0.1, 0.15) is 22.8 Å². The topological polar surface area (TPSA) is 78.7 Å². The van der Waals surface area contributed by atoms with Crippen molar-refractivity contribution in [2.45, 2.75) is 13.5 Å². The van der Waals surface area contributed by atoms with Crippen LogP contribution < -0.4 is 11.3 Å². The van der Waals surface area contributed by atoms with Crippen LogP contribution in [0.5, 0.6) is 0 Å². The molecule has 0 aromatic heterocycles. The van der Waals surface area contributed by atoms with E-state index < -0.39 is 0 Å². The van der Waals surface area contributed by atoms with Crippen molar-refractivity contribution in [1.82, 2.24) is 15.2 Å². The highest BCUT2D eigenvalue weighted by Crippen LogP contribution is 2.08. The monoisotopic (exact) mass is 278 g/mol. The molecule has 6 nitrogen and oxygen atoms in total. The van der Waals surface area contributed by atoms with Crippen molar-refractivity contribution in [1.29, 1.82) is 0 Å². The van der Waals surface area contributed by atoms with E-state index in [0.717, 1.165) is 12.1 Å². The lowest BCUT2D eigenvalue weighted by atomic mass is 10.1. The molecule has 20 heavy (non-hydrogen) atoms. The minimum Gasteiger partial charge on any atom is -0.348 e. The SMILES string of the molecule is CCN(CC(=O)N(C)C)Cc1cccc(C(=O)NN)c1. The van der Waals surface area contributed by atoms with E-state index in [-0.39, 0.29) is 11.8 Å². The van der Waals surface area contributed by atoms with Gasteiger partial charge in [0.05, 0.1) is 6.54 Å². The van der Waals surface area contributed by atoms with E-state index in [1.165, 1.54) is 0 Å². The summed E-state index contributed by atoms with van der Waals surface area (Å²) in [6.45, 7) is 3.73. The zero-order valence-electron chi connectivity index (χ0n) is 12.2. The maximum absolute atomic E-state index is 11.7. The van der Waals surface area contributed by atoms with E-state index >= 15 is 0 Å². The van der Waals surface area contributed by atoms with Gasteiger partial charge in [0.25, 0.3) is 5.91 Å². The number of likely N-dealkylation sites (N-methyl/N-ethyl adjacent to an activating group) is 2. The molecule has 6 heteroatoms. The summed E-state index contributed by atoms with van der Waals surface area (Å²) in [6.07, 6.45) is 0. The van der Waals surface area contributed by atoms with Crippen molar-refractivity contribution in [2.75, 3.05) is 27.2 Å². The summed E-state index contributed by atoms with van der Waals surface area (Å²) in [6, 6.07) is 7.22. The Hall–Kier alpha value is -1.92. The van der Waals surface area contributed by atoms with Gasteiger partial charge in [0.2, 0.25) is 5.91 Å². The van der Waals surface area contributed by atoms with E-state index in [1.807, 2.05) is 24.0 Å². The second-order valence-corrected chi connectivity index (χ2v) is 4.77. The summed E-state index contributed by atoms with van der Waals surface area (Å²) in [5.41, 5.74) is 3.60. The standard InChI is InChI=1S/C14H22N4O2/c1-4-18(10-13(19)17(2)3)9-11-6-5-7-12(8-11)14(20)16-15/h5-8H,4,9-10,15H2,1-3H3,(H,16,20). The number of benzene rings is 1. The van der Waals surface area contributed by atoms with Crippen LogP contribution in [0, 0.1) is 0 Å². The molecular formula is C14H22N4O2. The van der Waals surface area contributed by atoms with Crippen LogP contribution in [-0.4, -0.2) is 48.8 Å². The Morgan fingerprint density at radius 2 is 2.00 bits per heavy atom. The van der Waals surface area contributed by atoms with Gasteiger partial charge in [-0.3, -0.25) is 19.9 Å². The molecule has 2 amide bonds. The van der Waals surface area contributed by atoms with Crippen LogP contribution in [0.3, 0.4) is 0 Å². The maximum Gasteiger partial charge on any atom is 0.265 e. The highest BCUT2D eigenvalue weighted by Gasteiger charge is 2.12. The predicted molar refractivity (Wildman–Crippen MR) is 77.7 cm³/mol. The summed E-state index contributed by atoms with van der Waals surface area (Å²) >= 11 is 0. The normalized spacial score (nSPS) is 10.4. The Morgan fingerprint density at radius 3 is 2.55 bits per heavy atom.